The fourth-order valence-corrected chi connectivity index (χ4v) is 3.25. The minimum Gasteiger partial charge on any atom is -0.394 e. The quantitative estimate of drug-likeness (QED) is 0.179. The van der Waals surface area contributed by atoms with E-state index in [2.05, 4.69) is 0 Å². The molecule has 0 spiro atoms. The summed E-state index contributed by atoms with van der Waals surface area (Å²) in [5.41, 5.74) is -1.19. The van der Waals surface area contributed by atoms with E-state index in [4.69, 9.17) is 9.84 Å². The van der Waals surface area contributed by atoms with Crippen LogP contribution in [0, 0.1) is 5.41 Å². The molecule has 0 radical (unpaired) electrons. The molecule has 1 unspecified atom stereocenters. The molecule has 0 aliphatic carbocycles. The summed E-state index contributed by atoms with van der Waals surface area (Å²) in [6.45, 7) is -2.41. The van der Waals surface area contributed by atoms with Crippen molar-refractivity contribution in [2.75, 3.05) is 32.9 Å². The number of rotatable bonds is 16. The summed E-state index contributed by atoms with van der Waals surface area (Å²) in [6.07, 6.45) is -18.3. The van der Waals surface area contributed by atoms with Gasteiger partial charge < -0.3 is 25.6 Å². The summed E-state index contributed by atoms with van der Waals surface area (Å²) in [4.78, 5) is 21.9. The van der Waals surface area contributed by atoms with E-state index >= 15 is 0 Å². The molecule has 0 fully saturated rings. The normalized spacial score (nSPS) is 14.0. The predicted octanol–water partition coefficient (Wildman–Crippen LogP) is 2.99. The Morgan fingerprint density at radius 2 is 1.17 bits per heavy atom. The third kappa shape index (κ3) is 15.7. The van der Waals surface area contributed by atoms with Crippen molar-refractivity contribution in [2.24, 2.45) is 5.41 Å². The summed E-state index contributed by atoms with van der Waals surface area (Å²) in [7, 11) is 0. The summed E-state index contributed by atoms with van der Waals surface area (Å²) < 4.78 is 117. The van der Waals surface area contributed by atoms with Crippen LogP contribution in [0.25, 0.3) is 0 Å². The second-order valence-electron chi connectivity index (χ2n) is 8.03. The Balaban J connectivity index is 5.32. The Morgan fingerprint density at radius 1 is 0.743 bits per heavy atom. The van der Waals surface area contributed by atoms with Crippen LogP contribution < -0.4 is 10.6 Å². The monoisotopic (exact) mass is 536 g/mol. The molecule has 4 N–H and O–H groups in total. The molecular weight excluding hydrogens is 507 g/mol. The maximum atomic E-state index is 12.6. The Hall–Kier alpha value is -1.81. The van der Waals surface area contributed by atoms with E-state index < -0.39 is 81.0 Å². The minimum atomic E-state index is -5.13. The second-order valence-corrected chi connectivity index (χ2v) is 8.03. The zero-order chi connectivity index (χ0) is 27.3. The fourth-order valence-electron chi connectivity index (χ4n) is 3.25. The maximum absolute atomic E-state index is 12.6. The SMILES string of the molecule is O=C(NCCCC(CCCNC(=O)C(F)(F)F)(CCCC(F)(F)F)COCC(O)CO)C(F)(F)F. The zero-order valence-electron chi connectivity index (χ0n) is 18.6. The molecule has 35 heavy (non-hydrogen) atoms. The van der Waals surface area contributed by atoms with Gasteiger partial charge in [-0.25, -0.2) is 0 Å². The highest BCUT2D eigenvalue weighted by molar-refractivity contribution is 5.81. The standard InChI is InChI=1S/C19H29F9N2O5/c20-17(21,22)7-1-4-16(12-35-11-13(32)10-31,5-2-8-29-14(33)18(23,24)25)6-3-9-30-15(34)19(26,27)28/h13,31-32H,1-12H2,(H,29,33)(H,30,34). The number of carbonyl (C=O) groups is 2. The number of aliphatic hydroxyl groups excluding tert-OH is 2. The minimum absolute atomic E-state index is 0.0779. The van der Waals surface area contributed by atoms with Crippen LogP contribution in [-0.4, -0.2) is 79.6 Å². The molecule has 0 heterocycles. The van der Waals surface area contributed by atoms with Gasteiger partial charge in [-0.15, -0.1) is 0 Å². The van der Waals surface area contributed by atoms with Gasteiger partial charge in [0.15, 0.2) is 0 Å². The first kappa shape index (κ1) is 33.2. The largest absolute Gasteiger partial charge is 0.471 e. The van der Waals surface area contributed by atoms with E-state index in [0.717, 1.165) is 0 Å². The van der Waals surface area contributed by atoms with Crippen molar-refractivity contribution >= 4 is 11.8 Å². The van der Waals surface area contributed by atoms with Crippen LogP contribution in [0.4, 0.5) is 39.5 Å². The summed E-state index contributed by atoms with van der Waals surface area (Å²) in [5, 5.41) is 21.5. The number of halogens is 9. The molecule has 2 amide bonds. The summed E-state index contributed by atoms with van der Waals surface area (Å²) >= 11 is 0. The van der Waals surface area contributed by atoms with Gasteiger partial charge in [-0.05, 0) is 43.9 Å². The molecular formula is C19H29F9N2O5. The van der Waals surface area contributed by atoms with Gasteiger partial charge in [-0.2, -0.15) is 39.5 Å². The van der Waals surface area contributed by atoms with Crippen molar-refractivity contribution in [1.82, 2.24) is 10.6 Å². The van der Waals surface area contributed by atoms with Crippen LogP contribution in [0.15, 0.2) is 0 Å². The third-order valence-electron chi connectivity index (χ3n) is 4.95. The second kappa shape index (κ2) is 14.7. The maximum Gasteiger partial charge on any atom is 0.471 e. The molecule has 0 saturated carbocycles. The Bertz CT molecular complexity index is 606. The van der Waals surface area contributed by atoms with Crippen LogP contribution in [0.3, 0.4) is 0 Å². The summed E-state index contributed by atoms with van der Waals surface area (Å²) in [6, 6.07) is 0. The lowest BCUT2D eigenvalue weighted by Crippen LogP contribution is -2.39. The lowest BCUT2D eigenvalue weighted by Gasteiger charge is -2.35. The van der Waals surface area contributed by atoms with Crippen molar-refractivity contribution in [2.45, 2.75) is 69.6 Å². The molecule has 0 aliphatic heterocycles. The zero-order valence-corrected chi connectivity index (χ0v) is 18.6. The topological polar surface area (TPSA) is 108 Å². The average Bonchev–Trinajstić information content (AvgIpc) is 2.71. The Labute approximate surface area is 195 Å². The van der Waals surface area contributed by atoms with Crippen LogP contribution in [0.2, 0.25) is 0 Å². The number of ether oxygens (including phenoxy) is 1. The molecule has 1 atom stereocenters. The highest BCUT2D eigenvalue weighted by atomic mass is 19.4. The van der Waals surface area contributed by atoms with Gasteiger partial charge in [0.05, 0.1) is 19.8 Å². The van der Waals surface area contributed by atoms with Crippen LogP contribution in [-0.2, 0) is 14.3 Å². The first-order valence-corrected chi connectivity index (χ1v) is 10.6. The number of alkyl halides is 9. The molecule has 0 aromatic carbocycles. The fraction of sp³-hybridized carbons (Fsp3) is 0.895. The van der Waals surface area contributed by atoms with Crippen molar-refractivity contribution in [3.63, 3.8) is 0 Å². The first-order chi connectivity index (χ1) is 15.9. The number of nitrogens with one attached hydrogen (secondary N) is 2. The summed E-state index contributed by atoms with van der Waals surface area (Å²) in [5.74, 6) is -4.42. The van der Waals surface area contributed by atoms with E-state index in [9.17, 15) is 54.2 Å². The Kier molecular flexibility index (Phi) is 13.9. The lowest BCUT2D eigenvalue weighted by atomic mass is 9.75. The molecule has 0 saturated heterocycles. The molecule has 0 bridgehead atoms. The van der Waals surface area contributed by atoms with E-state index in [1.54, 1.807) is 10.6 Å². The number of hydrogen-bond donors (Lipinski definition) is 4. The predicted molar refractivity (Wildman–Crippen MR) is 103 cm³/mol. The first-order valence-electron chi connectivity index (χ1n) is 10.6. The van der Waals surface area contributed by atoms with Gasteiger partial charge in [0.1, 0.15) is 6.10 Å². The molecule has 16 heteroatoms. The van der Waals surface area contributed by atoms with Crippen molar-refractivity contribution < 1.29 is 64.1 Å². The van der Waals surface area contributed by atoms with Crippen LogP contribution >= 0.6 is 0 Å². The molecule has 0 aromatic heterocycles. The highest BCUT2D eigenvalue weighted by Gasteiger charge is 2.39. The van der Waals surface area contributed by atoms with E-state index in [1.165, 1.54) is 0 Å². The van der Waals surface area contributed by atoms with Gasteiger partial charge in [-0.1, -0.05) is 0 Å². The smallest absolute Gasteiger partial charge is 0.394 e. The molecule has 0 aliphatic rings. The molecule has 7 nitrogen and oxygen atoms in total. The number of carbonyl (C=O) groups excluding carboxylic acids is 2. The van der Waals surface area contributed by atoms with Crippen LogP contribution in [0.1, 0.15) is 44.9 Å². The average molecular weight is 536 g/mol. The van der Waals surface area contributed by atoms with Gasteiger partial charge in [0.25, 0.3) is 0 Å². The highest BCUT2D eigenvalue weighted by Crippen LogP contribution is 2.38. The van der Waals surface area contributed by atoms with E-state index in [0.29, 0.717) is 0 Å². The van der Waals surface area contributed by atoms with Gasteiger partial charge >= 0.3 is 30.3 Å². The molecule has 0 rings (SSSR count). The van der Waals surface area contributed by atoms with E-state index in [-0.39, 0.29) is 38.7 Å². The van der Waals surface area contributed by atoms with Crippen molar-refractivity contribution in [1.29, 1.82) is 0 Å². The lowest BCUT2D eigenvalue weighted by molar-refractivity contribution is -0.173. The third-order valence-corrected chi connectivity index (χ3v) is 4.95. The number of hydrogen-bond acceptors (Lipinski definition) is 5. The van der Waals surface area contributed by atoms with Gasteiger partial charge in [-0.3, -0.25) is 9.59 Å². The van der Waals surface area contributed by atoms with Crippen LogP contribution in [0.5, 0.6) is 0 Å². The number of amides is 2. The molecule has 0 aromatic rings. The Morgan fingerprint density at radius 3 is 1.54 bits per heavy atom. The van der Waals surface area contributed by atoms with Crippen molar-refractivity contribution in [3.05, 3.63) is 0 Å². The number of aliphatic hydroxyl groups is 2. The van der Waals surface area contributed by atoms with Gasteiger partial charge in [0, 0.05) is 19.5 Å². The van der Waals surface area contributed by atoms with Gasteiger partial charge in [0.2, 0.25) is 0 Å². The molecule has 208 valence electrons. The van der Waals surface area contributed by atoms with E-state index in [1.807, 2.05) is 0 Å². The van der Waals surface area contributed by atoms with Crippen molar-refractivity contribution in [3.8, 4) is 0 Å².